The molecule has 0 spiro atoms. The van der Waals surface area contributed by atoms with Crippen LogP contribution < -0.4 is 5.32 Å². The summed E-state index contributed by atoms with van der Waals surface area (Å²) >= 11 is 0. The van der Waals surface area contributed by atoms with E-state index in [1.165, 1.54) is 5.57 Å². The maximum Gasteiger partial charge on any atom is 0.0621 e. The van der Waals surface area contributed by atoms with Gasteiger partial charge in [0.15, 0.2) is 0 Å². The first-order valence-electron chi connectivity index (χ1n) is 4.48. The molecule has 2 nitrogen and oxygen atoms in total. The Morgan fingerprint density at radius 3 is 2.75 bits per heavy atom. The number of nitrogens with one attached hydrogen (secondary N) is 1. The maximum absolute atomic E-state index is 8.26. The molecule has 0 amide bonds. The summed E-state index contributed by atoms with van der Waals surface area (Å²) in [6.07, 6.45) is 4.97. The standard InChI is InChI=1S/C10H18N2/c1-10(2)6-9-12-8-5-3-4-7-11/h6,12H,3-5,8-9H2,1-2H3. The summed E-state index contributed by atoms with van der Waals surface area (Å²) in [5.41, 5.74) is 1.35. The van der Waals surface area contributed by atoms with E-state index in [9.17, 15) is 0 Å². The van der Waals surface area contributed by atoms with Crippen LogP contribution in [0.1, 0.15) is 33.1 Å². The van der Waals surface area contributed by atoms with Crippen molar-refractivity contribution in [2.24, 2.45) is 0 Å². The molecule has 0 saturated carbocycles. The van der Waals surface area contributed by atoms with E-state index in [4.69, 9.17) is 5.26 Å². The molecular formula is C10H18N2. The molecule has 0 unspecified atom stereocenters. The van der Waals surface area contributed by atoms with Crippen LogP contribution in [0.2, 0.25) is 0 Å². The fraction of sp³-hybridized carbons (Fsp3) is 0.700. The quantitative estimate of drug-likeness (QED) is 0.485. The van der Waals surface area contributed by atoms with E-state index in [-0.39, 0.29) is 0 Å². The molecule has 0 aliphatic rings. The molecule has 2 heteroatoms. The lowest BCUT2D eigenvalue weighted by atomic mass is 10.2. The Bertz CT molecular complexity index is 161. The molecule has 0 fully saturated rings. The average molecular weight is 166 g/mol. The van der Waals surface area contributed by atoms with E-state index in [2.05, 4.69) is 31.3 Å². The predicted molar refractivity (Wildman–Crippen MR) is 51.8 cm³/mol. The number of hydrogen-bond donors (Lipinski definition) is 1. The van der Waals surface area contributed by atoms with Crippen LogP contribution in [-0.2, 0) is 0 Å². The van der Waals surface area contributed by atoms with Gasteiger partial charge in [-0.1, -0.05) is 11.6 Å². The van der Waals surface area contributed by atoms with Crippen LogP contribution in [0, 0.1) is 11.3 Å². The van der Waals surface area contributed by atoms with Crippen LogP contribution >= 0.6 is 0 Å². The fourth-order valence-electron chi connectivity index (χ4n) is 0.832. The van der Waals surface area contributed by atoms with Crippen LogP contribution in [0.25, 0.3) is 0 Å². The number of nitriles is 1. The highest BCUT2D eigenvalue weighted by Crippen LogP contribution is 1.91. The lowest BCUT2D eigenvalue weighted by Gasteiger charge is -1.99. The van der Waals surface area contributed by atoms with Gasteiger partial charge in [-0.2, -0.15) is 5.26 Å². The first-order chi connectivity index (χ1) is 5.77. The Morgan fingerprint density at radius 2 is 2.17 bits per heavy atom. The van der Waals surface area contributed by atoms with Crippen LogP contribution in [0.4, 0.5) is 0 Å². The highest BCUT2D eigenvalue weighted by atomic mass is 14.8. The molecule has 68 valence electrons. The molecule has 0 rings (SSSR count). The van der Waals surface area contributed by atoms with Gasteiger partial charge >= 0.3 is 0 Å². The molecular weight excluding hydrogens is 148 g/mol. The minimum atomic E-state index is 0.685. The second-order valence-electron chi connectivity index (χ2n) is 3.10. The number of allylic oxidation sites excluding steroid dienone is 1. The lowest BCUT2D eigenvalue weighted by Crippen LogP contribution is -2.14. The summed E-state index contributed by atoms with van der Waals surface area (Å²) in [6, 6.07) is 2.14. The Kier molecular flexibility index (Phi) is 7.73. The van der Waals surface area contributed by atoms with Crippen LogP contribution in [0.15, 0.2) is 11.6 Å². The Labute approximate surface area is 75.3 Å². The SMILES string of the molecule is CC(C)=CCNCCCCC#N. The number of hydrogen-bond acceptors (Lipinski definition) is 2. The molecule has 0 aromatic rings. The zero-order valence-electron chi connectivity index (χ0n) is 8.06. The molecule has 0 heterocycles. The summed E-state index contributed by atoms with van der Waals surface area (Å²) in [6.45, 7) is 6.16. The largest absolute Gasteiger partial charge is 0.313 e. The van der Waals surface area contributed by atoms with Crippen molar-refractivity contribution >= 4 is 0 Å². The van der Waals surface area contributed by atoms with Crippen molar-refractivity contribution in [1.29, 1.82) is 5.26 Å². The monoisotopic (exact) mass is 166 g/mol. The minimum absolute atomic E-state index is 0.685. The maximum atomic E-state index is 8.26. The molecule has 0 aliphatic heterocycles. The van der Waals surface area contributed by atoms with E-state index in [1.807, 2.05) is 0 Å². The lowest BCUT2D eigenvalue weighted by molar-refractivity contribution is 0.662. The van der Waals surface area contributed by atoms with E-state index >= 15 is 0 Å². The van der Waals surface area contributed by atoms with Gasteiger partial charge in [0.2, 0.25) is 0 Å². The van der Waals surface area contributed by atoms with Gasteiger partial charge in [0, 0.05) is 13.0 Å². The molecule has 0 bridgehead atoms. The smallest absolute Gasteiger partial charge is 0.0621 e. The highest BCUT2D eigenvalue weighted by molar-refractivity contribution is 4.94. The van der Waals surface area contributed by atoms with Gasteiger partial charge in [0.25, 0.3) is 0 Å². The highest BCUT2D eigenvalue weighted by Gasteiger charge is 1.86. The molecule has 0 radical (unpaired) electrons. The number of nitrogens with zero attached hydrogens (tertiary/aromatic N) is 1. The molecule has 1 N–H and O–H groups in total. The predicted octanol–water partition coefficient (Wildman–Crippen LogP) is 2.24. The van der Waals surface area contributed by atoms with Crippen LogP contribution in [0.3, 0.4) is 0 Å². The molecule has 0 saturated heterocycles. The van der Waals surface area contributed by atoms with Crippen LogP contribution in [-0.4, -0.2) is 13.1 Å². The van der Waals surface area contributed by atoms with Crippen molar-refractivity contribution < 1.29 is 0 Å². The summed E-state index contributed by atoms with van der Waals surface area (Å²) < 4.78 is 0. The third kappa shape index (κ3) is 9.19. The van der Waals surface area contributed by atoms with Gasteiger partial charge in [0.1, 0.15) is 0 Å². The topological polar surface area (TPSA) is 35.8 Å². The Hall–Kier alpha value is -0.810. The third-order valence-electron chi connectivity index (χ3n) is 1.55. The van der Waals surface area contributed by atoms with Gasteiger partial charge in [-0.25, -0.2) is 0 Å². The second kappa shape index (κ2) is 8.29. The number of rotatable bonds is 6. The van der Waals surface area contributed by atoms with Gasteiger partial charge in [-0.15, -0.1) is 0 Å². The molecule has 0 aromatic carbocycles. The zero-order valence-corrected chi connectivity index (χ0v) is 8.06. The Balaban J connectivity index is 3.02. The summed E-state index contributed by atoms with van der Waals surface area (Å²) in [5, 5.41) is 11.6. The van der Waals surface area contributed by atoms with Gasteiger partial charge in [-0.05, 0) is 33.2 Å². The molecule has 0 aromatic heterocycles. The van der Waals surface area contributed by atoms with Crippen LogP contribution in [0.5, 0.6) is 0 Å². The molecule has 12 heavy (non-hydrogen) atoms. The van der Waals surface area contributed by atoms with Crippen molar-refractivity contribution in [3.05, 3.63) is 11.6 Å². The van der Waals surface area contributed by atoms with Gasteiger partial charge < -0.3 is 5.32 Å². The normalized spacial score (nSPS) is 9.08. The summed E-state index contributed by atoms with van der Waals surface area (Å²) in [7, 11) is 0. The van der Waals surface area contributed by atoms with E-state index in [1.54, 1.807) is 0 Å². The third-order valence-corrected chi connectivity index (χ3v) is 1.55. The molecule has 0 atom stereocenters. The van der Waals surface area contributed by atoms with E-state index in [0.717, 1.165) is 25.9 Å². The molecule has 0 aliphatic carbocycles. The summed E-state index contributed by atoms with van der Waals surface area (Å²) in [5.74, 6) is 0. The minimum Gasteiger partial charge on any atom is -0.313 e. The van der Waals surface area contributed by atoms with Crippen molar-refractivity contribution in [1.82, 2.24) is 5.32 Å². The van der Waals surface area contributed by atoms with E-state index < -0.39 is 0 Å². The number of unbranched alkanes of at least 4 members (excludes halogenated alkanes) is 2. The second-order valence-corrected chi connectivity index (χ2v) is 3.10. The average Bonchev–Trinajstić information content (AvgIpc) is 2.02. The fourth-order valence-corrected chi connectivity index (χ4v) is 0.832. The van der Waals surface area contributed by atoms with E-state index in [0.29, 0.717) is 6.42 Å². The Morgan fingerprint density at radius 1 is 1.42 bits per heavy atom. The first-order valence-corrected chi connectivity index (χ1v) is 4.48. The first kappa shape index (κ1) is 11.2. The van der Waals surface area contributed by atoms with Crippen molar-refractivity contribution in [2.45, 2.75) is 33.1 Å². The van der Waals surface area contributed by atoms with Crippen molar-refractivity contribution in [3.8, 4) is 6.07 Å². The van der Waals surface area contributed by atoms with Crippen molar-refractivity contribution in [2.75, 3.05) is 13.1 Å². The van der Waals surface area contributed by atoms with Crippen molar-refractivity contribution in [3.63, 3.8) is 0 Å². The summed E-state index contributed by atoms with van der Waals surface area (Å²) in [4.78, 5) is 0. The van der Waals surface area contributed by atoms with Gasteiger partial charge in [0.05, 0.1) is 6.07 Å². The zero-order chi connectivity index (χ0) is 9.23. The van der Waals surface area contributed by atoms with Gasteiger partial charge in [-0.3, -0.25) is 0 Å².